The minimum atomic E-state index is -0.216. The maximum absolute atomic E-state index is 13.1. The Balaban J connectivity index is 2.27. The SMILES string of the molecule is CC1CN(c2cc(F)ccc2N)CC1C. The molecule has 1 aromatic rings. The van der Waals surface area contributed by atoms with Gasteiger partial charge in [-0.3, -0.25) is 0 Å². The number of nitrogens with zero attached hydrogens (tertiary/aromatic N) is 1. The van der Waals surface area contributed by atoms with Gasteiger partial charge in [-0.15, -0.1) is 0 Å². The fourth-order valence-electron chi connectivity index (χ4n) is 2.12. The summed E-state index contributed by atoms with van der Waals surface area (Å²) in [7, 11) is 0. The molecule has 3 heteroatoms. The topological polar surface area (TPSA) is 29.3 Å². The standard InChI is InChI=1S/C12H17FN2/c1-8-6-15(7-9(8)2)12-5-10(13)3-4-11(12)14/h3-5,8-9H,6-7,14H2,1-2H3. The van der Waals surface area contributed by atoms with Crippen LogP contribution in [0.25, 0.3) is 0 Å². The van der Waals surface area contributed by atoms with Crippen molar-refractivity contribution in [3.05, 3.63) is 24.0 Å². The van der Waals surface area contributed by atoms with E-state index in [2.05, 4.69) is 18.7 Å². The summed E-state index contributed by atoms with van der Waals surface area (Å²) >= 11 is 0. The molecule has 2 nitrogen and oxygen atoms in total. The third kappa shape index (κ3) is 1.91. The summed E-state index contributed by atoms with van der Waals surface area (Å²) in [6.07, 6.45) is 0. The zero-order valence-electron chi connectivity index (χ0n) is 9.20. The first-order valence-corrected chi connectivity index (χ1v) is 5.38. The van der Waals surface area contributed by atoms with Gasteiger partial charge in [-0.2, -0.15) is 0 Å². The lowest BCUT2D eigenvalue weighted by atomic mass is 10.0. The zero-order chi connectivity index (χ0) is 11.0. The summed E-state index contributed by atoms with van der Waals surface area (Å²) < 4.78 is 13.1. The Morgan fingerprint density at radius 2 is 1.87 bits per heavy atom. The third-order valence-corrected chi connectivity index (χ3v) is 3.32. The van der Waals surface area contributed by atoms with E-state index in [4.69, 9.17) is 5.73 Å². The van der Waals surface area contributed by atoms with Gasteiger partial charge in [0.05, 0.1) is 11.4 Å². The highest BCUT2D eigenvalue weighted by Gasteiger charge is 2.27. The summed E-state index contributed by atoms with van der Waals surface area (Å²) in [5, 5.41) is 0. The van der Waals surface area contributed by atoms with Crippen LogP contribution in [0.3, 0.4) is 0 Å². The summed E-state index contributed by atoms with van der Waals surface area (Å²) in [6, 6.07) is 4.57. The van der Waals surface area contributed by atoms with Crippen LogP contribution in [0.2, 0.25) is 0 Å². The average molecular weight is 208 g/mol. The second-order valence-electron chi connectivity index (χ2n) is 4.56. The Kier molecular flexibility index (Phi) is 2.55. The van der Waals surface area contributed by atoms with E-state index < -0.39 is 0 Å². The minimum absolute atomic E-state index is 0.216. The van der Waals surface area contributed by atoms with E-state index in [0.717, 1.165) is 18.8 Å². The van der Waals surface area contributed by atoms with Gasteiger partial charge in [0.1, 0.15) is 5.82 Å². The van der Waals surface area contributed by atoms with Gasteiger partial charge in [0.2, 0.25) is 0 Å². The lowest BCUT2D eigenvalue weighted by Gasteiger charge is -2.20. The van der Waals surface area contributed by atoms with Crippen LogP contribution in [0, 0.1) is 17.7 Å². The first kappa shape index (κ1) is 10.3. The van der Waals surface area contributed by atoms with Gasteiger partial charge in [-0.05, 0) is 30.0 Å². The van der Waals surface area contributed by atoms with Gasteiger partial charge in [0.25, 0.3) is 0 Å². The lowest BCUT2D eigenvalue weighted by Crippen LogP contribution is -2.20. The normalized spacial score (nSPS) is 25.9. The van der Waals surface area contributed by atoms with E-state index >= 15 is 0 Å². The number of anilines is 2. The van der Waals surface area contributed by atoms with Crippen molar-refractivity contribution in [3.8, 4) is 0 Å². The minimum Gasteiger partial charge on any atom is -0.397 e. The summed E-state index contributed by atoms with van der Waals surface area (Å²) in [5.41, 5.74) is 7.36. The van der Waals surface area contributed by atoms with Crippen LogP contribution >= 0.6 is 0 Å². The monoisotopic (exact) mass is 208 g/mol. The predicted molar refractivity (Wildman–Crippen MR) is 61.4 cm³/mol. The summed E-state index contributed by atoms with van der Waals surface area (Å²) in [5.74, 6) is 1.08. The van der Waals surface area contributed by atoms with E-state index in [1.165, 1.54) is 12.1 Å². The largest absolute Gasteiger partial charge is 0.397 e. The molecule has 1 aliphatic rings. The van der Waals surface area contributed by atoms with E-state index in [0.29, 0.717) is 17.5 Å². The molecule has 82 valence electrons. The molecule has 0 bridgehead atoms. The molecule has 0 aliphatic carbocycles. The highest BCUT2D eigenvalue weighted by atomic mass is 19.1. The van der Waals surface area contributed by atoms with Crippen molar-refractivity contribution in [1.82, 2.24) is 0 Å². The number of hydrogen-bond donors (Lipinski definition) is 1. The van der Waals surface area contributed by atoms with Crippen molar-refractivity contribution in [2.24, 2.45) is 11.8 Å². The first-order valence-electron chi connectivity index (χ1n) is 5.38. The number of nitrogen functional groups attached to an aromatic ring is 1. The molecular weight excluding hydrogens is 191 g/mol. The number of nitrogens with two attached hydrogens (primary N) is 1. The first-order chi connectivity index (χ1) is 7.08. The molecule has 1 saturated heterocycles. The fraction of sp³-hybridized carbons (Fsp3) is 0.500. The maximum atomic E-state index is 13.1. The molecule has 1 aliphatic heterocycles. The van der Waals surface area contributed by atoms with E-state index in [-0.39, 0.29) is 5.82 Å². The average Bonchev–Trinajstić information content (AvgIpc) is 2.51. The number of halogens is 1. The molecule has 2 unspecified atom stereocenters. The van der Waals surface area contributed by atoms with E-state index in [1.807, 2.05) is 0 Å². The lowest BCUT2D eigenvalue weighted by molar-refractivity contribution is 0.494. The van der Waals surface area contributed by atoms with Gasteiger partial charge in [-0.1, -0.05) is 13.8 Å². The molecule has 1 fully saturated rings. The van der Waals surface area contributed by atoms with Crippen molar-refractivity contribution >= 4 is 11.4 Å². The Bertz CT molecular complexity index is 355. The van der Waals surface area contributed by atoms with Gasteiger partial charge in [0.15, 0.2) is 0 Å². The molecule has 2 atom stereocenters. The van der Waals surface area contributed by atoms with Crippen LogP contribution in [-0.2, 0) is 0 Å². The molecule has 2 N–H and O–H groups in total. The smallest absolute Gasteiger partial charge is 0.125 e. The maximum Gasteiger partial charge on any atom is 0.125 e. The molecule has 0 spiro atoms. The van der Waals surface area contributed by atoms with Gasteiger partial charge in [0, 0.05) is 13.1 Å². The van der Waals surface area contributed by atoms with Crippen LogP contribution in [0.4, 0.5) is 15.8 Å². The van der Waals surface area contributed by atoms with Crippen LogP contribution in [-0.4, -0.2) is 13.1 Å². The highest BCUT2D eigenvalue weighted by molar-refractivity contribution is 5.67. The van der Waals surface area contributed by atoms with Gasteiger partial charge in [-0.25, -0.2) is 4.39 Å². The molecule has 0 aromatic heterocycles. The highest BCUT2D eigenvalue weighted by Crippen LogP contribution is 2.31. The van der Waals surface area contributed by atoms with Crippen LogP contribution in [0.5, 0.6) is 0 Å². The molecule has 0 radical (unpaired) electrons. The van der Waals surface area contributed by atoms with Crippen molar-refractivity contribution in [1.29, 1.82) is 0 Å². The van der Waals surface area contributed by atoms with Crippen LogP contribution in [0.15, 0.2) is 18.2 Å². The Morgan fingerprint density at radius 3 is 2.47 bits per heavy atom. The van der Waals surface area contributed by atoms with Crippen molar-refractivity contribution in [2.75, 3.05) is 23.7 Å². The van der Waals surface area contributed by atoms with E-state index in [9.17, 15) is 4.39 Å². The Morgan fingerprint density at radius 1 is 1.27 bits per heavy atom. The van der Waals surface area contributed by atoms with E-state index in [1.54, 1.807) is 6.07 Å². The number of rotatable bonds is 1. The van der Waals surface area contributed by atoms with Gasteiger partial charge >= 0.3 is 0 Å². The number of benzene rings is 1. The molecule has 1 heterocycles. The molecule has 2 rings (SSSR count). The van der Waals surface area contributed by atoms with Crippen LogP contribution in [0.1, 0.15) is 13.8 Å². The van der Waals surface area contributed by atoms with Crippen molar-refractivity contribution in [2.45, 2.75) is 13.8 Å². The quantitative estimate of drug-likeness (QED) is 0.718. The van der Waals surface area contributed by atoms with Crippen LogP contribution < -0.4 is 10.6 Å². The molecule has 1 aromatic carbocycles. The number of hydrogen-bond acceptors (Lipinski definition) is 2. The second-order valence-corrected chi connectivity index (χ2v) is 4.56. The van der Waals surface area contributed by atoms with Crippen molar-refractivity contribution < 1.29 is 4.39 Å². The van der Waals surface area contributed by atoms with Gasteiger partial charge < -0.3 is 10.6 Å². The Hall–Kier alpha value is -1.25. The summed E-state index contributed by atoms with van der Waals surface area (Å²) in [4.78, 5) is 2.17. The molecular formula is C12H17FN2. The molecule has 0 amide bonds. The predicted octanol–water partition coefficient (Wildman–Crippen LogP) is 2.50. The summed E-state index contributed by atoms with van der Waals surface area (Å²) in [6.45, 7) is 6.38. The van der Waals surface area contributed by atoms with Crippen molar-refractivity contribution in [3.63, 3.8) is 0 Å². The molecule has 15 heavy (non-hydrogen) atoms. The molecule has 0 saturated carbocycles. The second kappa shape index (κ2) is 3.72. The zero-order valence-corrected chi connectivity index (χ0v) is 9.20. The Labute approximate surface area is 89.9 Å². The fourth-order valence-corrected chi connectivity index (χ4v) is 2.12. The third-order valence-electron chi connectivity index (χ3n) is 3.32.